The first-order valence-electron chi connectivity index (χ1n) is 3.84. The van der Waals surface area contributed by atoms with Crippen molar-refractivity contribution < 1.29 is 4.92 Å². The fourth-order valence-corrected chi connectivity index (χ4v) is 1.81. The monoisotopic (exact) mass is 227 g/mol. The van der Waals surface area contributed by atoms with Crippen LogP contribution in [-0.2, 0) is 0 Å². The predicted octanol–water partition coefficient (Wildman–Crippen LogP) is 3.24. The van der Waals surface area contributed by atoms with Crippen LogP contribution in [0.3, 0.4) is 0 Å². The summed E-state index contributed by atoms with van der Waals surface area (Å²) in [4.78, 5) is 11.1. The molecule has 1 heterocycles. The van der Waals surface area contributed by atoms with E-state index >= 15 is 0 Å². The van der Waals surface area contributed by atoms with Gasteiger partial charge in [-0.2, -0.15) is 0 Å². The molecule has 5 heteroatoms. The standard InChI is InChI=1S/C9H9NO2S2/c1-13-9(10(11)12)6-2-4-8-5-3-7-14-8/h2-7H,1H3/b4-2+,9-6-. The van der Waals surface area contributed by atoms with E-state index in [2.05, 4.69) is 0 Å². The summed E-state index contributed by atoms with van der Waals surface area (Å²) in [5.41, 5.74) is 0. The lowest BCUT2D eigenvalue weighted by Crippen LogP contribution is -1.92. The van der Waals surface area contributed by atoms with Crippen LogP contribution < -0.4 is 0 Å². The van der Waals surface area contributed by atoms with Crippen LogP contribution in [0.1, 0.15) is 4.88 Å². The van der Waals surface area contributed by atoms with Gasteiger partial charge in [0.05, 0.1) is 4.92 Å². The van der Waals surface area contributed by atoms with E-state index in [0.29, 0.717) is 0 Å². The van der Waals surface area contributed by atoms with Crippen molar-refractivity contribution in [3.05, 3.63) is 49.7 Å². The fourth-order valence-electron chi connectivity index (χ4n) is 0.815. The first-order valence-corrected chi connectivity index (χ1v) is 5.94. The van der Waals surface area contributed by atoms with Crippen LogP contribution in [0.25, 0.3) is 6.08 Å². The Bertz CT molecular complexity index is 355. The minimum atomic E-state index is -0.385. The molecule has 0 saturated carbocycles. The van der Waals surface area contributed by atoms with Crippen molar-refractivity contribution in [2.75, 3.05) is 6.26 Å². The Hall–Kier alpha value is -1.07. The Balaban J connectivity index is 2.65. The number of nitrogens with zero attached hydrogens (tertiary/aromatic N) is 1. The van der Waals surface area contributed by atoms with Gasteiger partial charge < -0.3 is 0 Å². The van der Waals surface area contributed by atoms with Crippen LogP contribution in [0, 0.1) is 10.1 Å². The number of allylic oxidation sites excluding steroid dienone is 2. The highest BCUT2D eigenvalue weighted by molar-refractivity contribution is 8.02. The van der Waals surface area contributed by atoms with Crippen molar-refractivity contribution in [3.63, 3.8) is 0 Å². The van der Waals surface area contributed by atoms with E-state index in [-0.39, 0.29) is 9.95 Å². The van der Waals surface area contributed by atoms with Gasteiger partial charge in [-0.3, -0.25) is 10.1 Å². The third-order valence-corrected chi connectivity index (χ3v) is 2.97. The molecule has 0 atom stereocenters. The van der Waals surface area contributed by atoms with Crippen LogP contribution >= 0.6 is 23.1 Å². The summed E-state index contributed by atoms with van der Waals surface area (Å²) in [6.07, 6.45) is 6.74. The molecule has 0 aliphatic heterocycles. The zero-order valence-electron chi connectivity index (χ0n) is 7.54. The molecule has 74 valence electrons. The molecular weight excluding hydrogens is 218 g/mol. The molecule has 0 aliphatic carbocycles. The molecule has 0 fully saturated rings. The number of hydrogen-bond donors (Lipinski definition) is 0. The maximum atomic E-state index is 10.4. The largest absolute Gasteiger partial charge is 0.302 e. The van der Waals surface area contributed by atoms with Gasteiger partial charge in [-0.1, -0.05) is 23.9 Å². The maximum Gasteiger partial charge on any atom is 0.302 e. The number of hydrogen-bond acceptors (Lipinski definition) is 4. The van der Waals surface area contributed by atoms with Gasteiger partial charge in [0.25, 0.3) is 0 Å². The summed E-state index contributed by atoms with van der Waals surface area (Å²) in [7, 11) is 0. The van der Waals surface area contributed by atoms with Crippen LogP contribution in [0.4, 0.5) is 0 Å². The van der Waals surface area contributed by atoms with Gasteiger partial charge in [0.1, 0.15) is 0 Å². The maximum absolute atomic E-state index is 10.4. The molecule has 1 rings (SSSR count). The Morgan fingerprint density at radius 1 is 1.71 bits per heavy atom. The average Bonchev–Trinajstić information content (AvgIpc) is 2.64. The quantitative estimate of drug-likeness (QED) is 0.450. The summed E-state index contributed by atoms with van der Waals surface area (Å²) in [6.45, 7) is 0. The lowest BCUT2D eigenvalue weighted by Gasteiger charge is -1.88. The molecule has 1 aromatic heterocycles. The molecule has 3 nitrogen and oxygen atoms in total. The van der Waals surface area contributed by atoms with Crippen LogP contribution in [0.15, 0.2) is 34.7 Å². The number of thiophene rings is 1. The summed E-state index contributed by atoms with van der Waals surface area (Å²) < 4.78 is 0. The second-order valence-corrected chi connectivity index (χ2v) is 4.15. The summed E-state index contributed by atoms with van der Waals surface area (Å²) in [5, 5.41) is 12.5. The highest BCUT2D eigenvalue weighted by atomic mass is 32.2. The molecule has 0 N–H and O–H groups in total. The third-order valence-electron chi connectivity index (χ3n) is 1.43. The molecule has 14 heavy (non-hydrogen) atoms. The molecule has 0 bridgehead atoms. The van der Waals surface area contributed by atoms with Crippen molar-refractivity contribution in [3.8, 4) is 0 Å². The topological polar surface area (TPSA) is 43.1 Å². The second kappa shape index (κ2) is 5.62. The van der Waals surface area contributed by atoms with Crippen molar-refractivity contribution in [1.29, 1.82) is 0 Å². The van der Waals surface area contributed by atoms with Gasteiger partial charge in [-0.15, -0.1) is 11.3 Å². The summed E-state index contributed by atoms with van der Waals surface area (Å²) >= 11 is 2.73. The second-order valence-electron chi connectivity index (χ2n) is 2.34. The fraction of sp³-hybridized carbons (Fsp3) is 0.111. The molecule has 0 unspecified atom stereocenters. The van der Waals surface area contributed by atoms with Crippen molar-refractivity contribution in [2.24, 2.45) is 0 Å². The zero-order valence-corrected chi connectivity index (χ0v) is 9.18. The molecular formula is C9H9NO2S2. The molecule has 0 amide bonds. The Morgan fingerprint density at radius 3 is 3.00 bits per heavy atom. The molecule has 0 radical (unpaired) electrons. The minimum Gasteiger partial charge on any atom is -0.258 e. The van der Waals surface area contributed by atoms with Gasteiger partial charge in [0.2, 0.25) is 0 Å². The number of nitro groups is 1. The van der Waals surface area contributed by atoms with Gasteiger partial charge in [-0.25, -0.2) is 0 Å². The van der Waals surface area contributed by atoms with Crippen molar-refractivity contribution >= 4 is 29.2 Å². The number of thioether (sulfide) groups is 1. The van der Waals surface area contributed by atoms with Crippen molar-refractivity contribution in [2.45, 2.75) is 0 Å². The van der Waals surface area contributed by atoms with Crippen LogP contribution in [0.5, 0.6) is 0 Å². The lowest BCUT2D eigenvalue weighted by atomic mass is 10.4. The van der Waals surface area contributed by atoms with Crippen LogP contribution in [-0.4, -0.2) is 11.2 Å². The molecule has 1 aromatic rings. The molecule has 0 aliphatic rings. The van der Waals surface area contributed by atoms with E-state index in [9.17, 15) is 10.1 Å². The van der Waals surface area contributed by atoms with Crippen LogP contribution in [0.2, 0.25) is 0 Å². The Kier molecular flexibility index (Phi) is 4.42. The first-order chi connectivity index (χ1) is 6.74. The highest BCUT2D eigenvalue weighted by Crippen LogP contribution is 2.14. The summed E-state index contributed by atoms with van der Waals surface area (Å²) in [6, 6.07) is 3.90. The van der Waals surface area contributed by atoms with E-state index in [1.165, 1.54) is 6.08 Å². The van der Waals surface area contributed by atoms with Gasteiger partial charge in [0, 0.05) is 11.0 Å². The molecule has 0 spiro atoms. The average molecular weight is 227 g/mol. The lowest BCUT2D eigenvalue weighted by molar-refractivity contribution is -0.410. The molecule has 0 saturated heterocycles. The van der Waals surface area contributed by atoms with E-state index < -0.39 is 0 Å². The van der Waals surface area contributed by atoms with Crippen molar-refractivity contribution in [1.82, 2.24) is 0 Å². The predicted molar refractivity (Wildman–Crippen MR) is 61.9 cm³/mol. The first kappa shape index (κ1) is 11.0. The highest BCUT2D eigenvalue weighted by Gasteiger charge is 2.04. The Morgan fingerprint density at radius 2 is 2.50 bits per heavy atom. The minimum absolute atomic E-state index is 0.151. The van der Waals surface area contributed by atoms with Gasteiger partial charge in [-0.05, 0) is 23.8 Å². The zero-order chi connectivity index (χ0) is 10.4. The smallest absolute Gasteiger partial charge is 0.258 e. The van der Waals surface area contributed by atoms with Gasteiger partial charge >= 0.3 is 5.03 Å². The summed E-state index contributed by atoms with van der Waals surface area (Å²) in [5.74, 6) is 0. The number of rotatable bonds is 4. The third kappa shape index (κ3) is 3.35. The SMILES string of the molecule is CS/C(=C\C=C\c1cccs1)[N+](=O)[O-]. The molecule has 0 aromatic carbocycles. The van der Waals surface area contributed by atoms with E-state index in [1.807, 2.05) is 23.6 Å². The van der Waals surface area contributed by atoms with E-state index in [0.717, 1.165) is 16.6 Å². The normalized spacial score (nSPS) is 12.2. The Labute approximate surface area is 90.3 Å². The van der Waals surface area contributed by atoms with E-state index in [1.54, 1.807) is 23.7 Å². The van der Waals surface area contributed by atoms with Gasteiger partial charge in [0.15, 0.2) is 0 Å². The van der Waals surface area contributed by atoms with E-state index in [4.69, 9.17) is 0 Å².